The smallest absolute Gasteiger partial charge is 0.338 e. The zero-order valence-corrected chi connectivity index (χ0v) is 21.5. The standard InChI is InChI=1S/C25H27BrN2O4S/c1-5-32-24(30)22-21(18-10-11-19(26)33-18)20-16(12-25(2,3)13-17(20)29)28(23(22)27)14-6-8-15(31-4)9-7-14/h6-11,21H,5,12-13,27H2,1-4H3/t21-/m1/s1. The van der Waals surface area contributed by atoms with Gasteiger partial charge in [-0.05, 0) is 71.1 Å². The predicted octanol–water partition coefficient (Wildman–Crippen LogP) is 5.50. The molecule has 4 rings (SSSR count). The van der Waals surface area contributed by atoms with E-state index in [1.165, 1.54) is 11.3 Å². The third-order valence-electron chi connectivity index (χ3n) is 5.97. The fourth-order valence-electron chi connectivity index (χ4n) is 4.61. The van der Waals surface area contributed by atoms with Crippen LogP contribution in [0.5, 0.6) is 5.75 Å². The van der Waals surface area contributed by atoms with E-state index in [9.17, 15) is 9.59 Å². The fraction of sp³-hybridized carbons (Fsp3) is 0.360. The second-order valence-corrected chi connectivity index (χ2v) is 11.4. The molecule has 1 aromatic heterocycles. The average Bonchev–Trinajstić information content (AvgIpc) is 3.18. The first-order valence-electron chi connectivity index (χ1n) is 10.8. The van der Waals surface area contributed by atoms with Gasteiger partial charge >= 0.3 is 5.97 Å². The van der Waals surface area contributed by atoms with E-state index in [1.54, 1.807) is 14.0 Å². The Hall–Kier alpha value is -2.58. The van der Waals surface area contributed by atoms with Crippen LogP contribution >= 0.6 is 27.3 Å². The Kier molecular flexibility index (Phi) is 6.42. The summed E-state index contributed by atoms with van der Waals surface area (Å²) in [7, 11) is 1.61. The molecule has 2 heterocycles. The number of halogens is 1. The van der Waals surface area contributed by atoms with Crippen LogP contribution in [-0.2, 0) is 14.3 Å². The molecule has 33 heavy (non-hydrogen) atoms. The number of carbonyl (C=O) groups is 2. The van der Waals surface area contributed by atoms with Crippen LogP contribution in [0.25, 0.3) is 0 Å². The lowest BCUT2D eigenvalue weighted by atomic mass is 9.69. The molecule has 2 aliphatic rings. The van der Waals surface area contributed by atoms with E-state index >= 15 is 0 Å². The van der Waals surface area contributed by atoms with Crippen molar-refractivity contribution >= 4 is 44.7 Å². The number of thiophene rings is 1. The van der Waals surface area contributed by atoms with Gasteiger partial charge in [0.25, 0.3) is 0 Å². The normalized spacial score (nSPS) is 20.1. The minimum absolute atomic E-state index is 0.0311. The number of ether oxygens (including phenoxy) is 2. The Morgan fingerprint density at radius 3 is 2.48 bits per heavy atom. The van der Waals surface area contributed by atoms with Gasteiger partial charge in [-0.15, -0.1) is 11.3 Å². The number of allylic oxidation sites excluding steroid dienone is 2. The molecule has 0 bridgehead atoms. The number of methoxy groups -OCH3 is 1. The summed E-state index contributed by atoms with van der Waals surface area (Å²) < 4.78 is 11.6. The molecule has 1 atom stereocenters. The highest BCUT2D eigenvalue weighted by molar-refractivity contribution is 9.11. The highest BCUT2D eigenvalue weighted by atomic mass is 79.9. The highest BCUT2D eigenvalue weighted by Gasteiger charge is 2.47. The molecule has 1 aliphatic heterocycles. The highest BCUT2D eigenvalue weighted by Crippen LogP contribution is 2.51. The van der Waals surface area contributed by atoms with Crippen molar-refractivity contribution in [2.45, 2.75) is 39.5 Å². The lowest BCUT2D eigenvalue weighted by molar-refractivity contribution is -0.138. The molecule has 174 valence electrons. The molecule has 0 saturated heterocycles. The van der Waals surface area contributed by atoms with Gasteiger partial charge in [-0.1, -0.05) is 13.8 Å². The number of anilines is 1. The first-order chi connectivity index (χ1) is 15.7. The summed E-state index contributed by atoms with van der Waals surface area (Å²) in [4.78, 5) is 29.6. The topological polar surface area (TPSA) is 81.9 Å². The van der Waals surface area contributed by atoms with E-state index in [4.69, 9.17) is 15.2 Å². The Morgan fingerprint density at radius 2 is 1.91 bits per heavy atom. The summed E-state index contributed by atoms with van der Waals surface area (Å²) in [5, 5.41) is 0. The van der Waals surface area contributed by atoms with Gasteiger partial charge in [0.1, 0.15) is 11.6 Å². The molecule has 0 amide bonds. The number of carbonyl (C=O) groups excluding carboxylic acids is 2. The van der Waals surface area contributed by atoms with Crippen LogP contribution in [0.2, 0.25) is 0 Å². The molecule has 1 aliphatic carbocycles. The molecule has 1 aromatic carbocycles. The summed E-state index contributed by atoms with van der Waals surface area (Å²) in [5.74, 6) is -0.0406. The maximum Gasteiger partial charge on any atom is 0.338 e. The second kappa shape index (κ2) is 8.99. The summed E-state index contributed by atoms with van der Waals surface area (Å²) in [6.45, 7) is 6.14. The zero-order valence-electron chi connectivity index (χ0n) is 19.1. The van der Waals surface area contributed by atoms with Gasteiger partial charge in [-0.3, -0.25) is 9.69 Å². The van der Waals surface area contributed by atoms with Crippen LogP contribution in [-0.4, -0.2) is 25.5 Å². The average molecular weight is 531 g/mol. The second-order valence-electron chi connectivity index (χ2n) is 8.93. The first kappa shape index (κ1) is 23.6. The number of rotatable bonds is 5. The molecule has 0 spiro atoms. The molecule has 0 fully saturated rings. The number of benzene rings is 1. The van der Waals surface area contributed by atoms with Crippen LogP contribution in [0.1, 0.15) is 44.4 Å². The number of hydrogen-bond donors (Lipinski definition) is 1. The number of ketones is 1. The van der Waals surface area contributed by atoms with Crippen molar-refractivity contribution in [2.75, 3.05) is 18.6 Å². The minimum Gasteiger partial charge on any atom is -0.497 e. The SMILES string of the molecule is CCOC(=O)C1=C(N)N(c2ccc(OC)cc2)C2=C(C(=O)CC(C)(C)C2)[C@H]1c1ccc(Br)s1. The molecule has 2 N–H and O–H groups in total. The van der Waals surface area contributed by atoms with Crippen LogP contribution < -0.4 is 15.4 Å². The van der Waals surface area contributed by atoms with Crippen LogP contribution in [0.3, 0.4) is 0 Å². The summed E-state index contributed by atoms with van der Waals surface area (Å²) >= 11 is 5.01. The van der Waals surface area contributed by atoms with E-state index in [-0.39, 0.29) is 23.6 Å². The van der Waals surface area contributed by atoms with E-state index in [0.29, 0.717) is 29.7 Å². The lowest BCUT2D eigenvalue weighted by Gasteiger charge is -2.44. The molecule has 8 heteroatoms. The summed E-state index contributed by atoms with van der Waals surface area (Å²) in [5.41, 5.74) is 9.04. The molecule has 2 aromatic rings. The molecule has 0 radical (unpaired) electrons. The Bertz CT molecular complexity index is 1160. The number of esters is 1. The molecule has 0 unspecified atom stereocenters. The van der Waals surface area contributed by atoms with Crippen molar-refractivity contribution in [1.29, 1.82) is 0 Å². The van der Waals surface area contributed by atoms with E-state index in [2.05, 4.69) is 29.8 Å². The van der Waals surface area contributed by atoms with Crippen molar-refractivity contribution < 1.29 is 19.1 Å². The van der Waals surface area contributed by atoms with Gasteiger partial charge in [0, 0.05) is 28.3 Å². The Labute approximate surface area is 206 Å². The fourth-order valence-corrected chi connectivity index (χ4v) is 6.16. The van der Waals surface area contributed by atoms with Crippen molar-refractivity contribution in [3.8, 4) is 5.75 Å². The van der Waals surface area contributed by atoms with E-state index in [1.807, 2.05) is 41.3 Å². The van der Waals surface area contributed by atoms with Gasteiger partial charge in [-0.25, -0.2) is 4.79 Å². The van der Waals surface area contributed by atoms with Gasteiger partial charge in [-0.2, -0.15) is 0 Å². The number of Topliss-reactive ketones (excluding diaryl/α,β-unsaturated/α-hetero) is 1. The van der Waals surface area contributed by atoms with Gasteiger partial charge in [0.05, 0.1) is 29.0 Å². The van der Waals surface area contributed by atoms with Crippen molar-refractivity contribution in [2.24, 2.45) is 11.1 Å². The number of hydrogen-bond acceptors (Lipinski definition) is 7. The predicted molar refractivity (Wildman–Crippen MR) is 133 cm³/mol. The van der Waals surface area contributed by atoms with Crippen molar-refractivity contribution in [3.05, 3.63) is 67.7 Å². The molecule has 0 saturated carbocycles. The maximum absolute atomic E-state index is 13.6. The minimum atomic E-state index is -0.562. The Morgan fingerprint density at radius 1 is 1.21 bits per heavy atom. The van der Waals surface area contributed by atoms with Crippen LogP contribution in [0.4, 0.5) is 5.69 Å². The summed E-state index contributed by atoms with van der Waals surface area (Å²) in [6.07, 6.45) is 1.06. The molecular weight excluding hydrogens is 504 g/mol. The molecule has 6 nitrogen and oxygen atoms in total. The quantitative estimate of drug-likeness (QED) is 0.514. The third kappa shape index (κ3) is 4.34. The first-order valence-corrected chi connectivity index (χ1v) is 12.4. The Balaban J connectivity index is 1.99. The van der Waals surface area contributed by atoms with Crippen molar-refractivity contribution in [3.63, 3.8) is 0 Å². The summed E-state index contributed by atoms with van der Waals surface area (Å²) in [6, 6.07) is 11.3. The van der Waals surface area contributed by atoms with E-state index in [0.717, 1.165) is 20.0 Å². The van der Waals surface area contributed by atoms with Crippen LogP contribution in [0.15, 0.2) is 62.8 Å². The number of nitrogens with zero attached hydrogens (tertiary/aromatic N) is 1. The van der Waals surface area contributed by atoms with Crippen LogP contribution in [0, 0.1) is 5.41 Å². The zero-order chi connectivity index (χ0) is 23.9. The maximum atomic E-state index is 13.6. The lowest BCUT2D eigenvalue weighted by Crippen LogP contribution is -2.43. The van der Waals surface area contributed by atoms with E-state index < -0.39 is 11.9 Å². The van der Waals surface area contributed by atoms with Gasteiger partial charge < -0.3 is 15.2 Å². The number of nitrogens with two attached hydrogens (primary N) is 1. The third-order valence-corrected chi connectivity index (χ3v) is 7.65. The van der Waals surface area contributed by atoms with Gasteiger partial charge in [0.2, 0.25) is 0 Å². The largest absolute Gasteiger partial charge is 0.497 e. The van der Waals surface area contributed by atoms with Crippen molar-refractivity contribution in [1.82, 2.24) is 0 Å². The monoisotopic (exact) mass is 530 g/mol. The van der Waals surface area contributed by atoms with Gasteiger partial charge in [0.15, 0.2) is 5.78 Å². The molecular formula is C25H27BrN2O4S.